The number of benzene rings is 1. The van der Waals surface area contributed by atoms with Crippen molar-refractivity contribution in [2.75, 3.05) is 30.3 Å². The topological polar surface area (TPSA) is 88.7 Å². The molecule has 1 unspecified atom stereocenters. The fourth-order valence-electron chi connectivity index (χ4n) is 4.17. The van der Waals surface area contributed by atoms with Crippen molar-refractivity contribution in [2.24, 2.45) is 0 Å². The molecular formula is C22H25N7O. The first kappa shape index (κ1) is 18.6. The fourth-order valence-corrected chi connectivity index (χ4v) is 4.17. The summed E-state index contributed by atoms with van der Waals surface area (Å²) in [6, 6.07) is 12.8. The maximum absolute atomic E-state index is 6.04. The Balaban J connectivity index is 1.37. The van der Waals surface area contributed by atoms with Crippen molar-refractivity contribution < 1.29 is 4.42 Å². The molecule has 154 valence electrons. The Morgan fingerprint density at radius 3 is 2.87 bits per heavy atom. The molecule has 0 bridgehead atoms. The van der Waals surface area contributed by atoms with E-state index in [4.69, 9.17) is 10.2 Å². The van der Waals surface area contributed by atoms with Crippen molar-refractivity contribution in [1.29, 1.82) is 0 Å². The zero-order valence-electron chi connectivity index (χ0n) is 17.2. The minimum absolute atomic E-state index is 0.316. The van der Waals surface area contributed by atoms with Gasteiger partial charge >= 0.3 is 0 Å². The molecule has 0 amide bonds. The molecule has 1 aliphatic heterocycles. The van der Waals surface area contributed by atoms with Gasteiger partial charge in [-0.25, -0.2) is 9.97 Å². The number of piperazine rings is 1. The van der Waals surface area contributed by atoms with Crippen molar-refractivity contribution in [3.8, 4) is 11.6 Å². The molecule has 4 heterocycles. The SMILES string of the molecule is Cc1cccc(N2CCN(Cc3cnc(N)n4nc(-c5ccco5)nc34)CC2C)c1. The summed E-state index contributed by atoms with van der Waals surface area (Å²) in [7, 11) is 0. The predicted octanol–water partition coefficient (Wildman–Crippen LogP) is 2.99. The molecule has 8 heteroatoms. The number of hydrogen-bond acceptors (Lipinski definition) is 7. The van der Waals surface area contributed by atoms with Gasteiger partial charge in [0.25, 0.3) is 0 Å². The number of anilines is 2. The second kappa shape index (κ2) is 7.46. The number of nitrogens with two attached hydrogens (primary N) is 1. The van der Waals surface area contributed by atoms with Gasteiger partial charge in [-0.2, -0.15) is 4.52 Å². The lowest BCUT2D eigenvalue weighted by molar-refractivity contribution is 0.221. The third-order valence-electron chi connectivity index (χ3n) is 5.64. The van der Waals surface area contributed by atoms with Crippen LogP contribution < -0.4 is 10.6 Å². The zero-order valence-corrected chi connectivity index (χ0v) is 17.2. The first-order valence-corrected chi connectivity index (χ1v) is 10.2. The molecule has 1 fully saturated rings. The lowest BCUT2D eigenvalue weighted by Gasteiger charge is -2.41. The van der Waals surface area contributed by atoms with Crippen LogP contribution in [0.1, 0.15) is 18.1 Å². The Morgan fingerprint density at radius 2 is 2.10 bits per heavy atom. The van der Waals surface area contributed by atoms with E-state index in [1.54, 1.807) is 10.8 Å². The lowest BCUT2D eigenvalue weighted by Crippen LogP contribution is -2.51. The Hall–Kier alpha value is -3.39. The summed E-state index contributed by atoms with van der Waals surface area (Å²) in [6.07, 6.45) is 3.42. The molecule has 0 saturated carbocycles. The van der Waals surface area contributed by atoms with Crippen LogP contribution in [0.15, 0.2) is 53.3 Å². The first-order chi connectivity index (χ1) is 14.6. The largest absolute Gasteiger partial charge is 0.461 e. The van der Waals surface area contributed by atoms with Gasteiger partial charge < -0.3 is 15.1 Å². The van der Waals surface area contributed by atoms with Gasteiger partial charge in [0.1, 0.15) is 0 Å². The molecule has 1 saturated heterocycles. The molecule has 0 aliphatic carbocycles. The van der Waals surface area contributed by atoms with Crippen LogP contribution in [-0.4, -0.2) is 50.2 Å². The van der Waals surface area contributed by atoms with Crippen molar-refractivity contribution in [1.82, 2.24) is 24.5 Å². The van der Waals surface area contributed by atoms with Gasteiger partial charge in [-0.15, -0.1) is 5.10 Å². The van der Waals surface area contributed by atoms with E-state index >= 15 is 0 Å². The lowest BCUT2D eigenvalue weighted by atomic mass is 10.1. The average Bonchev–Trinajstić information content (AvgIpc) is 3.40. The molecule has 0 spiro atoms. The van der Waals surface area contributed by atoms with E-state index in [1.165, 1.54) is 11.3 Å². The molecule has 1 aromatic carbocycles. The second-order valence-electron chi connectivity index (χ2n) is 7.91. The van der Waals surface area contributed by atoms with Gasteiger partial charge in [0.05, 0.1) is 6.26 Å². The van der Waals surface area contributed by atoms with E-state index < -0.39 is 0 Å². The van der Waals surface area contributed by atoms with Crippen LogP contribution in [0.5, 0.6) is 0 Å². The van der Waals surface area contributed by atoms with E-state index in [1.807, 2.05) is 18.3 Å². The van der Waals surface area contributed by atoms with Crippen molar-refractivity contribution >= 4 is 17.3 Å². The number of fused-ring (bicyclic) bond motifs is 1. The van der Waals surface area contributed by atoms with Crippen LogP contribution in [0.25, 0.3) is 17.2 Å². The quantitative estimate of drug-likeness (QED) is 0.560. The van der Waals surface area contributed by atoms with E-state index in [2.05, 4.69) is 63.0 Å². The maximum Gasteiger partial charge on any atom is 0.223 e. The van der Waals surface area contributed by atoms with E-state index in [0.717, 1.165) is 37.4 Å². The van der Waals surface area contributed by atoms with Gasteiger partial charge in [0, 0.05) is 49.7 Å². The average molecular weight is 403 g/mol. The molecule has 0 radical (unpaired) electrons. The molecule has 5 rings (SSSR count). The molecule has 8 nitrogen and oxygen atoms in total. The number of furan rings is 1. The molecule has 2 N–H and O–H groups in total. The smallest absolute Gasteiger partial charge is 0.223 e. The minimum atomic E-state index is 0.316. The zero-order chi connectivity index (χ0) is 20.7. The summed E-state index contributed by atoms with van der Waals surface area (Å²) in [4.78, 5) is 13.9. The molecule has 30 heavy (non-hydrogen) atoms. The van der Waals surface area contributed by atoms with Gasteiger partial charge in [0.2, 0.25) is 11.8 Å². The number of aryl methyl sites for hydroxylation is 1. The van der Waals surface area contributed by atoms with Crippen molar-refractivity contribution in [3.05, 3.63) is 60.0 Å². The Kier molecular flexibility index (Phi) is 4.63. The molecule has 3 aromatic heterocycles. The third-order valence-corrected chi connectivity index (χ3v) is 5.64. The highest BCUT2D eigenvalue weighted by Gasteiger charge is 2.25. The summed E-state index contributed by atoms with van der Waals surface area (Å²) in [6.45, 7) is 8.07. The Morgan fingerprint density at radius 1 is 1.20 bits per heavy atom. The van der Waals surface area contributed by atoms with Crippen molar-refractivity contribution in [3.63, 3.8) is 0 Å². The van der Waals surface area contributed by atoms with Gasteiger partial charge in [-0.05, 0) is 43.7 Å². The normalized spacial score (nSPS) is 17.7. The number of aromatic nitrogens is 4. The Labute approximate surface area is 174 Å². The highest BCUT2D eigenvalue weighted by atomic mass is 16.3. The number of rotatable bonds is 4. The van der Waals surface area contributed by atoms with Crippen LogP contribution in [0, 0.1) is 6.92 Å². The number of nitrogens with zero attached hydrogens (tertiary/aromatic N) is 6. The highest BCUT2D eigenvalue weighted by Crippen LogP contribution is 2.24. The molecule has 4 aromatic rings. The number of hydrogen-bond donors (Lipinski definition) is 1. The van der Waals surface area contributed by atoms with E-state index in [-0.39, 0.29) is 0 Å². The monoisotopic (exact) mass is 403 g/mol. The van der Waals surface area contributed by atoms with E-state index in [9.17, 15) is 0 Å². The standard InChI is InChI=1S/C22H25N7O/c1-15-5-3-6-18(11-15)28-9-8-27(13-16(28)2)14-17-12-24-22(23)29-21(17)25-20(26-29)19-7-4-10-30-19/h3-7,10-12,16H,8-9,13-14H2,1-2H3,(H2,23,24). The summed E-state index contributed by atoms with van der Waals surface area (Å²) < 4.78 is 7.04. The van der Waals surface area contributed by atoms with Crippen LogP contribution in [-0.2, 0) is 6.54 Å². The fraction of sp³-hybridized carbons (Fsp3) is 0.318. The molecule has 1 atom stereocenters. The summed E-state index contributed by atoms with van der Waals surface area (Å²) in [5.74, 6) is 1.44. The van der Waals surface area contributed by atoms with Gasteiger partial charge in [0.15, 0.2) is 11.4 Å². The van der Waals surface area contributed by atoms with Gasteiger partial charge in [-0.3, -0.25) is 4.90 Å². The molecule has 1 aliphatic rings. The third kappa shape index (κ3) is 3.39. The van der Waals surface area contributed by atoms with Crippen LogP contribution >= 0.6 is 0 Å². The summed E-state index contributed by atoms with van der Waals surface area (Å²) >= 11 is 0. The predicted molar refractivity (Wildman–Crippen MR) is 116 cm³/mol. The van der Waals surface area contributed by atoms with Crippen LogP contribution in [0.3, 0.4) is 0 Å². The first-order valence-electron chi connectivity index (χ1n) is 10.2. The summed E-state index contributed by atoms with van der Waals surface area (Å²) in [5.41, 5.74) is 10.3. The van der Waals surface area contributed by atoms with Crippen LogP contribution in [0.4, 0.5) is 11.6 Å². The second-order valence-corrected chi connectivity index (χ2v) is 7.91. The van der Waals surface area contributed by atoms with Gasteiger partial charge in [-0.1, -0.05) is 12.1 Å². The summed E-state index contributed by atoms with van der Waals surface area (Å²) in [5, 5.41) is 4.48. The molecular weight excluding hydrogens is 378 g/mol. The maximum atomic E-state index is 6.04. The highest BCUT2D eigenvalue weighted by molar-refractivity contribution is 5.57. The van der Waals surface area contributed by atoms with Crippen molar-refractivity contribution in [2.45, 2.75) is 26.4 Å². The number of nitrogen functional groups attached to an aromatic ring is 1. The van der Waals surface area contributed by atoms with E-state index in [0.29, 0.717) is 23.6 Å². The van der Waals surface area contributed by atoms with Crippen LogP contribution in [0.2, 0.25) is 0 Å². The Bertz CT molecular complexity index is 1170. The minimum Gasteiger partial charge on any atom is -0.461 e.